The molecule has 0 radical (unpaired) electrons. The number of nitrogens with zero attached hydrogens (tertiary/aromatic N) is 2. The fraction of sp³-hybridized carbons (Fsp3) is 0.543. The molecule has 0 unspecified atom stereocenters. The maximum Gasteiger partial charge on any atom is 0.251 e. The van der Waals surface area contributed by atoms with Crippen molar-refractivity contribution < 1.29 is 19.2 Å². The van der Waals surface area contributed by atoms with Crippen LogP contribution in [-0.2, 0) is 22.7 Å². The predicted octanol–water partition coefficient (Wildman–Crippen LogP) is 2.93. The number of likely N-dealkylation sites (tertiary alicyclic amines) is 2. The molecular weight excluding hydrogens is 568 g/mol. The largest absolute Gasteiger partial charge is 0.352 e. The molecule has 2 fully saturated rings. The fourth-order valence-corrected chi connectivity index (χ4v) is 5.72. The number of rotatable bonds is 13. The summed E-state index contributed by atoms with van der Waals surface area (Å²) >= 11 is 0. The summed E-state index contributed by atoms with van der Waals surface area (Å²) in [6.45, 7) is 12.6. The van der Waals surface area contributed by atoms with Crippen LogP contribution < -0.4 is 21.3 Å². The summed E-state index contributed by atoms with van der Waals surface area (Å²) in [6.07, 6.45) is 4.53. The number of carbonyl (C=O) groups excluding carboxylic acids is 4. The van der Waals surface area contributed by atoms with Crippen LogP contribution in [-0.4, -0.2) is 85.8 Å². The third-order valence-corrected chi connectivity index (χ3v) is 8.50. The van der Waals surface area contributed by atoms with Crippen molar-refractivity contribution in [3.05, 3.63) is 70.8 Å². The summed E-state index contributed by atoms with van der Waals surface area (Å²) in [5, 5.41) is 11.9. The predicted molar refractivity (Wildman–Crippen MR) is 176 cm³/mol. The van der Waals surface area contributed by atoms with E-state index < -0.39 is 5.41 Å². The van der Waals surface area contributed by atoms with Crippen molar-refractivity contribution in [3.63, 3.8) is 0 Å². The lowest BCUT2D eigenvalue weighted by Crippen LogP contribution is -2.37. The van der Waals surface area contributed by atoms with E-state index in [4.69, 9.17) is 0 Å². The van der Waals surface area contributed by atoms with Crippen LogP contribution in [0.3, 0.4) is 0 Å². The lowest BCUT2D eigenvalue weighted by atomic mass is 9.95. The Balaban J connectivity index is 1.13. The molecule has 2 aromatic rings. The van der Waals surface area contributed by atoms with E-state index in [-0.39, 0.29) is 29.5 Å². The highest BCUT2D eigenvalue weighted by Crippen LogP contribution is 2.17. The third kappa shape index (κ3) is 11.0. The minimum Gasteiger partial charge on any atom is -0.352 e. The van der Waals surface area contributed by atoms with E-state index in [0.29, 0.717) is 50.4 Å². The summed E-state index contributed by atoms with van der Waals surface area (Å²) in [7, 11) is 0. The van der Waals surface area contributed by atoms with Gasteiger partial charge in [0.05, 0.1) is 5.92 Å². The molecule has 0 bridgehead atoms. The second kappa shape index (κ2) is 16.5. The summed E-state index contributed by atoms with van der Waals surface area (Å²) in [4.78, 5) is 55.1. The van der Waals surface area contributed by atoms with Gasteiger partial charge < -0.3 is 31.1 Å². The maximum absolute atomic E-state index is 12.9. The summed E-state index contributed by atoms with van der Waals surface area (Å²) in [5.41, 5.74) is 2.45. The van der Waals surface area contributed by atoms with E-state index in [0.717, 1.165) is 43.7 Å². The van der Waals surface area contributed by atoms with Crippen LogP contribution in [0.25, 0.3) is 0 Å². The number of amides is 4. The Hall–Kier alpha value is -3.76. The molecule has 0 aliphatic carbocycles. The topological polar surface area (TPSA) is 123 Å². The summed E-state index contributed by atoms with van der Waals surface area (Å²) in [6, 6.07) is 14.7. The van der Waals surface area contributed by atoms with Crippen LogP contribution in [0.5, 0.6) is 0 Å². The molecule has 0 saturated carbocycles. The van der Waals surface area contributed by atoms with Crippen LogP contribution in [0.4, 0.5) is 0 Å². The molecule has 0 aromatic heterocycles. The summed E-state index contributed by atoms with van der Waals surface area (Å²) < 4.78 is 0. The monoisotopic (exact) mass is 618 g/mol. The Bertz CT molecular complexity index is 1320. The van der Waals surface area contributed by atoms with Gasteiger partial charge in [-0.1, -0.05) is 51.5 Å². The van der Waals surface area contributed by atoms with Crippen molar-refractivity contribution in [1.82, 2.24) is 31.1 Å². The fourth-order valence-electron chi connectivity index (χ4n) is 5.72. The average Bonchev–Trinajstić information content (AvgIpc) is 3.52. The number of nitrogens with one attached hydrogen (secondary N) is 4. The molecule has 1 atom stereocenters. The third-order valence-electron chi connectivity index (χ3n) is 8.50. The van der Waals surface area contributed by atoms with Gasteiger partial charge in [-0.25, -0.2) is 0 Å². The Morgan fingerprint density at radius 1 is 0.711 bits per heavy atom. The van der Waals surface area contributed by atoms with Crippen molar-refractivity contribution in [2.75, 3.05) is 52.4 Å². The van der Waals surface area contributed by atoms with Gasteiger partial charge in [-0.2, -0.15) is 0 Å². The molecule has 2 heterocycles. The Morgan fingerprint density at radius 3 is 1.84 bits per heavy atom. The highest BCUT2D eigenvalue weighted by Gasteiger charge is 2.28. The van der Waals surface area contributed by atoms with E-state index >= 15 is 0 Å². The Morgan fingerprint density at radius 2 is 1.27 bits per heavy atom. The van der Waals surface area contributed by atoms with Crippen molar-refractivity contribution in [2.45, 2.75) is 59.5 Å². The van der Waals surface area contributed by atoms with Crippen LogP contribution in [0, 0.1) is 11.3 Å². The lowest BCUT2D eigenvalue weighted by Gasteiger charge is -2.26. The van der Waals surface area contributed by atoms with Crippen LogP contribution in [0.1, 0.15) is 78.3 Å². The van der Waals surface area contributed by atoms with Gasteiger partial charge in [-0.05, 0) is 74.3 Å². The number of hydrogen-bond acceptors (Lipinski definition) is 6. The molecule has 4 N–H and O–H groups in total. The molecule has 2 aliphatic rings. The van der Waals surface area contributed by atoms with Gasteiger partial charge in [0.2, 0.25) is 11.8 Å². The van der Waals surface area contributed by atoms with Gasteiger partial charge in [-0.3, -0.25) is 19.2 Å². The van der Waals surface area contributed by atoms with E-state index in [1.54, 1.807) is 18.2 Å². The van der Waals surface area contributed by atoms with E-state index in [2.05, 4.69) is 31.1 Å². The van der Waals surface area contributed by atoms with Crippen molar-refractivity contribution in [2.24, 2.45) is 11.3 Å². The molecule has 244 valence electrons. The minimum absolute atomic E-state index is 0.00767. The van der Waals surface area contributed by atoms with Crippen molar-refractivity contribution in [1.29, 1.82) is 0 Å². The van der Waals surface area contributed by atoms with E-state index in [1.807, 2.05) is 51.1 Å². The summed E-state index contributed by atoms with van der Waals surface area (Å²) in [5.74, 6) is -0.390. The first kappa shape index (κ1) is 34.1. The van der Waals surface area contributed by atoms with Crippen LogP contribution in [0.15, 0.2) is 48.5 Å². The van der Waals surface area contributed by atoms with E-state index in [1.165, 1.54) is 19.3 Å². The normalized spacial score (nSPS) is 17.4. The Kier molecular flexibility index (Phi) is 12.5. The smallest absolute Gasteiger partial charge is 0.251 e. The van der Waals surface area contributed by atoms with Gasteiger partial charge >= 0.3 is 0 Å². The molecule has 4 amide bonds. The Labute approximate surface area is 267 Å². The van der Waals surface area contributed by atoms with Gasteiger partial charge in [0.25, 0.3) is 11.8 Å². The van der Waals surface area contributed by atoms with Gasteiger partial charge in [0, 0.05) is 62.4 Å². The van der Waals surface area contributed by atoms with Crippen LogP contribution in [0.2, 0.25) is 0 Å². The first-order valence-electron chi connectivity index (χ1n) is 16.3. The first-order valence-corrected chi connectivity index (χ1v) is 16.3. The maximum atomic E-state index is 12.9. The van der Waals surface area contributed by atoms with Gasteiger partial charge in [-0.15, -0.1) is 0 Å². The molecule has 2 saturated heterocycles. The SMILES string of the molecule is CC(C)(C)C(=O)NCc1cccc(C(=O)NCCN2CC[C@H](C(=O)NCc3cccc(C(=O)NCCN4CCCCC4)c3)C2)c1. The average molecular weight is 619 g/mol. The lowest BCUT2D eigenvalue weighted by molar-refractivity contribution is -0.128. The number of piperidine rings is 1. The van der Waals surface area contributed by atoms with Crippen LogP contribution >= 0.6 is 0 Å². The molecule has 10 heteroatoms. The van der Waals surface area contributed by atoms with Crippen molar-refractivity contribution in [3.8, 4) is 0 Å². The van der Waals surface area contributed by atoms with Crippen molar-refractivity contribution >= 4 is 23.6 Å². The zero-order valence-corrected chi connectivity index (χ0v) is 27.1. The number of hydrogen-bond donors (Lipinski definition) is 4. The molecular formula is C35H50N6O4. The minimum atomic E-state index is -0.471. The zero-order chi connectivity index (χ0) is 32.2. The molecule has 2 aliphatic heterocycles. The number of carbonyl (C=O) groups is 4. The molecule has 2 aromatic carbocycles. The molecule has 4 rings (SSSR count). The zero-order valence-electron chi connectivity index (χ0n) is 27.1. The molecule has 45 heavy (non-hydrogen) atoms. The van der Waals surface area contributed by atoms with E-state index in [9.17, 15) is 19.2 Å². The quantitative estimate of drug-likeness (QED) is 0.274. The highest BCUT2D eigenvalue weighted by atomic mass is 16.2. The second-order valence-corrected chi connectivity index (χ2v) is 13.3. The van der Waals surface area contributed by atoms with Gasteiger partial charge in [0.1, 0.15) is 0 Å². The molecule has 10 nitrogen and oxygen atoms in total. The standard InChI is InChI=1S/C35H50N6O4/c1-35(2,3)34(45)39-24-27-10-8-12-29(22-27)32(43)37-15-20-41-18-13-30(25-41)33(44)38-23-26-9-7-11-28(21-26)31(42)36-14-19-40-16-5-4-6-17-40/h7-12,21-22,30H,4-6,13-20,23-25H2,1-3H3,(H,36,42)(H,37,43)(H,38,44)(H,39,45)/t30-/m0/s1. The molecule has 0 spiro atoms. The first-order chi connectivity index (χ1) is 21.6. The second-order valence-electron chi connectivity index (χ2n) is 13.3. The van der Waals surface area contributed by atoms with Gasteiger partial charge in [0.15, 0.2) is 0 Å². The number of benzene rings is 2. The highest BCUT2D eigenvalue weighted by molar-refractivity contribution is 5.95.